The molecule has 1 fully saturated rings. The quantitative estimate of drug-likeness (QED) is 0.484. The van der Waals surface area contributed by atoms with E-state index in [9.17, 15) is 8.42 Å². The first kappa shape index (κ1) is 14.6. The predicted octanol–water partition coefficient (Wildman–Crippen LogP) is 2.16. The molecule has 0 saturated carbocycles. The molecule has 8 heteroatoms. The summed E-state index contributed by atoms with van der Waals surface area (Å²) in [5.74, 6) is 0.617. The number of piperidine rings is 1. The summed E-state index contributed by atoms with van der Waals surface area (Å²) < 4.78 is 31.3. The minimum atomic E-state index is -3.48. The van der Waals surface area contributed by atoms with Crippen LogP contribution in [0.4, 0.5) is 0 Å². The first-order valence-electron chi connectivity index (χ1n) is 6.26. The van der Waals surface area contributed by atoms with Crippen molar-refractivity contribution in [2.75, 3.05) is 20.2 Å². The van der Waals surface area contributed by atoms with E-state index in [0.29, 0.717) is 31.7 Å². The molecule has 1 aromatic rings. The van der Waals surface area contributed by atoms with E-state index in [1.165, 1.54) is 23.5 Å². The highest BCUT2D eigenvalue weighted by molar-refractivity contribution is 7.89. The van der Waals surface area contributed by atoms with Crippen molar-refractivity contribution in [3.05, 3.63) is 34.7 Å². The summed E-state index contributed by atoms with van der Waals surface area (Å²) in [7, 11) is -1.95. The van der Waals surface area contributed by atoms with Crippen LogP contribution in [-0.4, -0.2) is 39.0 Å². The van der Waals surface area contributed by atoms with Crippen molar-refractivity contribution >= 4 is 10.0 Å². The second kappa shape index (κ2) is 6.13. The van der Waals surface area contributed by atoms with E-state index in [0.717, 1.165) is 0 Å². The van der Waals surface area contributed by atoms with E-state index in [1.807, 2.05) is 0 Å². The van der Waals surface area contributed by atoms with E-state index >= 15 is 0 Å². The van der Waals surface area contributed by atoms with Gasteiger partial charge in [0.15, 0.2) is 0 Å². The van der Waals surface area contributed by atoms with Gasteiger partial charge in [-0.05, 0) is 42.6 Å². The molecule has 7 nitrogen and oxygen atoms in total. The number of azide groups is 1. The zero-order chi connectivity index (χ0) is 14.6. The molecule has 0 aromatic heterocycles. The smallest absolute Gasteiger partial charge is 0.243 e. The molecule has 0 radical (unpaired) electrons. The number of benzene rings is 1. The van der Waals surface area contributed by atoms with Crippen LogP contribution in [0.25, 0.3) is 10.4 Å². The number of methoxy groups -OCH3 is 1. The zero-order valence-corrected chi connectivity index (χ0v) is 12.0. The van der Waals surface area contributed by atoms with Crippen molar-refractivity contribution in [3.63, 3.8) is 0 Å². The van der Waals surface area contributed by atoms with Crippen LogP contribution in [0.1, 0.15) is 12.8 Å². The minimum absolute atomic E-state index is 0.109. The second-order valence-corrected chi connectivity index (χ2v) is 6.45. The van der Waals surface area contributed by atoms with Crippen LogP contribution in [0.15, 0.2) is 34.3 Å². The molecule has 108 valence electrons. The SMILES string of the molecule is COc1ccc(S(=O)(=O)N2CCC(N=[N+]=[N-])CC2)cc1. The Morgan fingerprint density at radius 1 is 1.30 bits per heavy atom. The van der Waals surface area contributed by atoms with Gasteiger partial charge in [0, 0.05) is 24.0 Å². The normalized spacial score (nSPS) is 17.4. The molecule has 0 amide bonds. The fourth-order valence-electron chi connectivity index (χ4n) is 2.17. The topological polar surface area (TPSA) is 95.4 Å². The maximum atomic E-state index is 12.4. The molecule has 0 spiro atoms. The molecule has 1 saturated heterocycles. The van der Waals surface area contributed by atoms with E-state index in [2.05, 4.69) is 10.0 Å². The van der Waals surface area contributed by atoms with Gasteiger partial charge in [0.25, 0.3) is 0 Å². The minimum Gasteiger partial charge on any atom is -0.497 e. The lowest BCUT2D eigenvalue weighted by molar-refractivity contribution is 0.319. The number of nitrogens with zero attached hydrogens (tertiary/aromatic N) is 4. The second-order valence-electron chi connectivity index (χ2n) is 4.52. The summed E-state index contributed by atoms with van der Waals surface area (Å²) >= 11 is 0. The summed E-state index contributed by atoms with van der Waals surface area (Å²) in [6.07, 6.45) is 1.11. The van der Waals surface area contributed by atoms with E-state index < -0.39 is 10.0 Å². The average Bonchev–Trinajstić information content (AvgIpc) is 2.48. The van der Waals surface area contributed by atoms with Crippen LogP contribution in [0, 0.1) is 0 Å². The summed E-state index contributed by atoms with van der Waals surface area (Å²) in [5, 5.41) is 3.64. The number of sulfonamides is 1. The van der Waals surface area contributed by atoms with Gasteiger partial charge in [-0.2, -0.15) is 4.31 Å². The number of hydrogen-bond acceptors (Lipinski definition) is 4. The van der Waals surface area contributed by atoms with Gasteiger partial charge in [0.05, 0.1) is 12.0 Å². The molecule has 2 rings (SSSR count). The van der Waals surface area contributed by atoms with Crippen molar-refractivity contribution in [3.8, 4) is 5.75 Å². The van der Waals surface area contributed by atoms with E-state index in [4.69, 9.17) is 10.3 Å². The Morgan fingerprint density at radius 2 is 1.90 bits per heavy atom. The van der Waals surface area contributed by atoms with Gasteiger partial charge in [-0.25, -0.2) is 8.42 Å². The zero-order valence-electron chi connectivity index (χ0n) is 11.1. The lowest BCUT2D eigenvalue weighted by Gasteiger charge is -2.29. The molecule has 0 unspecified atom stereocenters. The third-order valence-corrected chi connectivity index (χ3v) is 5.25. The van der Waals surface area contributed by atoms with Crippen LogP contribution in [0.2, 0.25) is 0 Å². The Labute approximate surface area is 117 Å². The summed E-state index contributed by atoms with van der Waals surface area (Å²) in [4.78, 5) is 3.02. The third kappa shape index (κ3) is 3.04. The van der Waals surface area contributed by atoms with Gasteiger partial charge >= 0.3 is 0 Å². The fourth-order valence-corrected chi connectivity index (χ4v) is 3.64. The van der Waals surface area contributed by atoms with Gasteiger partial charge in [-0.1, -0.05) is 5.11 Å². The number of hydrogen-bond donors (Lipinski definition) is 0. The van der Waals surface area contributed by atoms with Crippen molar-refractivity contribution < 1.29 is 13.2 Å². The summed E-state index contributed by atoms with van der Waals surface area (Å²) in [5.41, 5.74) is 8.39. The Kier molecular flexibility index (Phi) is 4.49. The highest BCUT2D eigenvalue weighted by Gasteiger charge is 2.28. The van der Waals surface area contributed by atoms with Crippen molar-refractivity contribution in [1.82, 2.24) is 4.31 Å². The molecule has 1 aliphatic rings. The molecule has 0 aliphatic carbocycles. The number of ether oxygens (including phenoxy) is 1. The molecule has 1 aromatic carbocycles. The molecule has 20 heavy (non-hydrogen) atoms. The van der Waals surface area contributed by atoms with Crippen LogP contribution in [0.5, 0.6) is 5.75 Å². The summed E-state index contributed by atoms with van der Waals surface area (Å²) in [6.45, 7) is 0.746. The van der Waals surface area contributed by atoms with Crippen molar-refractivity contribution in [2.45, 2.75) is 23.8 Å². The summed E-state index contributed by atoms with van der Waals surface area (Å²) in [6, 6.07) is 6.21. The Morgan fingerprint density at radius 3 is 2.40 bits per heavy atom. The molecule has 1 aliphatic heterocycles. The maximum Gasteiger partial charge on any atom is 0.243 e. The first-order valence-corrected chi connectivity index (χ1v) is 7.70. The lowest BCUT2D eigenvalue weighted by Crippen LogP contribution is -2.39. The average molecular weight is 296 g/mol. The van der Waals surface area contributed by atoms with Gasteiger partial charge in [0.1, 0.15) is 5.75 Å². The molecule has 1 heterocycles. The van der Waals surface area contributed by atoms with Crippen LogP contribution >= 0.6 is 0 Å². The predicted molar refractivity (Wildman–Crippen MR) is 73.9 cm³/mol. The van der Waals surface area contributed by atoms with E-state index in [-0.39, 0.29) is 10.9 Å². The monoisotopic (exact) mass is 296 g/mol. The van der Waals surface area contributed by atoms with Crippen LogP contribution < -0.4 is 4.74 Å². The molecule has 0 atom stereocenters. The van der Waals surface area contributed by atoms with Gasteiger partial charge in [-0.3, -0.25) is 0 Å². The van der Waals surface area contributed by atoms with Crippen molar-refractivity contribution in [2.24, 2.45) is 5.11 Å². The first-order chi connectivity index (χ1) is 9.57. The Balaban J connectivity index is 2.12. The van der Waals surface area contributed by atoms with Gasteiger partial charge < -0.3 is 4.74 Å². The molecule has 0 bridgehead atoms. The number of rotatable bonds is 4. The third-order valence-electron chi connectivity index (χ3n) is 3.34. The largest absolute Gasteiger partial charge is 0.497 e. The lowest BCUT2D eigenvalue weighted by atomic mass is 10.1. The highest BCUT2D eigenvalue weighted by atomic mass is 32.2. The van der Waals surface area contributed by atoms with Crippen LogP contribution in [-0.2, 0) is 10.0 Å². The van der Waals surface area contributed by atoms with Gasteiger partial charge in [-0.15, -0.1) is 0 Å². The molecular formula is C12H16N4O3S. The standard InChI is InChI=1S/C12H16N4O3S/c1-19-11-2-4-12(5-3-11)20(17,18)16-8-6-10(7-9-16)14-15-13/h2-5,10H,6-9H2,1H3. The Hall–Kier alpha value is -1.76. The van der Waals surface area contributed by atoms with Crippen molar-refractivity contribution in [1.29, 1.82) is 0 Å². The highest BCUT2D eigenvalue weighted by Crippen LogP contribution is 2.23. The molecular weight excluding hydrogens is 280 g/mol. The maximum absolute atomic E-state index is 12.4. The van der Waals surface area contributed by atoms with Crippen LogP contribution in [0.3, 0.4) is 0 Å². The molecule has 0 N–H and O–H groups in total. The van der Waals surface area contributed by atoms with E-state index in [1.54, 1.807) is 12.1 Å². The Bertz CT molecular complexity index is 600. The fraction of sp³-hybridized carbons (Fsp3) is 0.500. The van der Waals surface area contributed by atoms with Gasteiger partial charge in [0.2, 0.25) is 10.0 Å².